The molecule has 2 fully saturated rings. The average Bonchev–Trinajstić information content (AvgIpc) is 3.16. The van der Waals surface area contributed by atoms with Crippen LogP contribution >= 0.6 is 28.3 Å². The van der Waals surface area contributed by atoms with Crippen molar-refractivity contribution >= 4 is 39.2 Å². The molecular formula is C20H26BrN3S. The van der Waals surface area contributed by atoms with E-state index in [0.717, 1.165) is 28.7 Å². The number of anilines is 1. The van der Waals surface area contributed by atoms with Crippen molar-refractivity contribution in [3.63, 3.8) is 0 Å². The van der Waals surface area contributed by atoms with E-state index in [1.165, 1.54) is 24.1 Å². The van der Waals surface area contributed by atoms with Crippen LogP contribution in [0.15, 0.2) is 34.7 Å². The van der Waals surface area contributed by atoms with Crippen molar-refractivity contribution in [3.8, 4) is 11.3 Å². The zero-order valence-electron chi connectivity index (χ0n) is 15.3. The molecule has 2 aliphatic carbocycles. The number of hydrogen-bond donors (Lipinski definition) is 1. The highest BCUT2D eigenvalue weighted by atomic mass is 79.9. The quantitative estimate of drug-likeness (QED) is 0.591. The minimum Gasteiger partial charge on any atom is -0.253 e. The Morgan fingerprint density at radius 2 is 1.92 bits per heavy atom. The fourth-order valence-corrected chi connectivity index (χ4v) is 5.06. The second kappa shape index (κ2) is 6.51. The van der Waals surface area contributed by atoms with Crippen LogP contribution in [0.2, 0.25) is 0 Å². The topological polar surface area (TPSA) is 37.3 Å². The van der Waals surface area contributed by atoms with E-state index in [1.807, 2.05) is 0 Å². The highest BCUT2D eigenvalue weighted by Crippen LogP contribution is 2.63. The Bertz CT molecular complexity index is 794. The Hall–Kier alpha value is -1.20. The summed E-state index contributed by atoms with van der Waals surface area (Å²) in [6.07, 6.45) is 3.74. The van der Waals surface area contributed by atoms with E-state index in [1.54, 1.807) is 11.3 Å². The van der Waals surface area contributed by atoms with Gasteiger partial charge in [-0.25, -0.2) is 4.98 Å². The molecule has 1 N–H and O–H groups in total. The lowest BCUT2D eigenvalue weighted by atomic mass is 9.70. The van der Waals surface area contributed by atoms with Gasteiger partial charge in [0.25, 0.3) is 0 Å². The van der Waals surface area contributed by atoms with Crippen molar-refractivity contribution in [3.05, 3.63) is 35.2 Å². The molecule has 2 atom stereocenters. The van der Waals surface area contributed by atoms with Crippen molar-refractivity contribution in [2.24, 2.45) is 21.8 Å². The van der Waals surface area contributed by atoms with Gasteiger partial charge >= 0.3 is 0 Å². The zero-order valence-corrected chi connectivity index (χ0v) is 17.8. The highest BCUT2D eigenvalue weighted by Gasteiger charge is 2.59. The van der Waals surface area contributed by atoms with Gasteiger partial charge in [-0.05, 0) is 37.5 Å². The molecule has 3 nitrogen and oxygen atoms in total. The maximum Gasteiger partial charge on any atom is 0.203 e. The summed E-state index contributed by atoms with van der Waals surface area (Å²) >= 11 is 1.62. The SMILES string of the molecule is Br.Cc1ccc(-c2csc(N/N=C3/CC4CCC3(C)C4(C)C)n2)cc1. The van der Waals surface area contributed by atoms with E-state index in [-0.39, 0.29) is 22.4 Å². The Morgan fingerprint density at radius 3 is 2.52 bits per heavy atom. The van der Waals surface area contributed by atoms with E-state index < -0.39 is 0 Å². The molecule has 5 heteroatoms. The van der Waals surface area contributed by atoms with Crippen molar-refractivity contribution in [2.45, 2.75) is 47.0 Å². The van der Waals surface area contributed by atoms with Gasteiger partial charge in [0, 0.05) is 22.1 Å². The number of benzene rings is 1. The van der Waals surface area contributed by atoms with Crippen LogP contribution in [0.5, 0.6) is 0 Å². The lowest BCUT2D eigenvalue weighted by Crippen LogP contribution is -2.32. The summed E-state index contributed by atoms with van der Waals surface area (Å²) in [6.45, 7) is 9.31. The van der Waals surface area contributed by atoms with Crippen LogP contribution in [0.4, 0.5) is 5.13 Å². The van der Waals surface area contributed by atoms with Crippen LogP contribution in [0.25, 0.3) is 11.3 Å². The fraction of sp³-hybridized carbons (Fsp3) is 0.500. The highest BCUT2D eigenvalue weighted by molar-refractivity contribution is 8.93. The number of thiazole rings is 1. The first-order valence-corrected chi connectivity index (χ1v) is 9.64. The van der Waals surface area contributed by atoms with Crippen LogP contribution in [0.3, 0.4) is 0 Å². The van der Waals surface area contributed by atoms with Crippen molar-refractivity contribution < 1.29 is 0 Å². The van der Waals surface area contributed by atoms with Crippen molar-refractivity contribution in [1.29, 1.82) is 0 Å². The van der Waals surface area contributed by atoms with Gasteiger partial charge in [0.2, 0.25) is 5.13 Å². The van der Waals surface area contributed by atoms with Gasteiger partial charge in [0.1, 0.15) is 0 Å². The van der Waals surface area contributed by atoms with E-state index in [9.17, 15) is 0 Å². The predicted molar refractivity (Wildman–Crippen MR) is 113 cm³/mol. The van der Waals surface area contributed by atoms with Gasteiger partial charge in [-0.2, -0.15) is 5.10 Å². The molecule has 1 aromatic heterocycles. The normalized spacial score (nSPS) is 28.2. The molecule has 0 radical (unpaired) electrons. The molecule has 0 aliphatic heterocycles. The second-order valence-electron chi connectivity index (χ2n) is 8.07. The molecule has 2 unspecified atom stereocenters. The van der Waals surface area contributed by atoms with Gasteiger partial charge in [0.15, 0.2) is 0 Å². The lowest BCUT2D eigenvalue weighted by molar-refractivity contribution is 0.194. The third-order valence-corrected chi connectivity index (χ3v) is 7.40. The number of hydrazone groups is 1. The second-order valence-corrected chi connectivity index (χ2v) is 8.93. The number of nitrogens with zero attached hydrogens (tertiary/aromatic N) is 2. The molecule has 1 aromatic carbocycles. The van der Waals surface area contributed by atoms with Crippen LogP contribution in [-0.4, -0.2) is 10.7 Å². The number of rotatable bonds is 3. The fourth-order valence-electron chi connectivity index (χ4n) is 4.39. The van der Waals surface area contributed by atoms with Crippen LogP contribution < -0.4 is 5.43 Å². The summed E-state index contributed by atoms with van der Waals surface area (Å²) in [5.74, 6) is 0.780. The van der Waals surface area contributed by atoms with Crippen LogP contribution in [0, 0.1) is 23.7 Å². The van der Waals surface area contributed by atoms with E-state index in [0.29, 0.717) is 5.41 Å². The first-order valence-electron chi connectivity index (χ1n) is 8.76. The van der Waals surface area contributed by atoms with Gasteiger partial charge in [-0.3, -0.25) is 5.43 Å². The monoisotopic (exact) mass is 419 g/mol. The van der Waals surface area contributed by atoms with Crippen molar-refractivity contribution in [2.75, 3.05) is 5.43 Å². The average molecular weight is 420 g/mol. The molecule has 4 rings (SSSR count). The first-order chi connectivity index (χ1) is 11.4. The maximum absolute atomic E-state index is 4.78. The molecule has 2 saturated carbocycles. The largest absolute Gasteiger partial charge is 0.253 e. The molecule has 134 valence electrons. The first kappa shape index (κ1) is 18.6. The Morgan fingerprint density at radius 1 is 1.20 bits per heavy atom. The maximum atomic E-state index is 4.78. The number of aryl methyl sites for hydroxylation is 1. The van der Waals surface area contributed by atoms with Crippen LogP contribution in [0.1, 0.15) is 45.6 Å². The summed E-state index contributed by atoms with van der Waals surface area (Å²) in [5, 5.41) is 7.75. The molecular weight excluding hydrogens is 394 g/mol. The zero-order chi connectivity index (χ0) is 16.9. The Labute approximate surface area is 164 Å². The molecule has 1 heterocycles. The Balaban J connectivity index is 0.00000182. The smallest absolute Gasteiger partial charge is 0.203 e. The summed E-state index contributed by atoms with van der Waals surface area (Å²) < 4.78 is 0. The van der Waals surface area contributed by atoms with Gasteiger partial charge in [-0.15, -0.1) is 28.3 Å². The number of halogens is 1. The minimum atomic E-state index is 0. The summed E-state index contributed by atoms with van der Waals surface area (Å²) in [4.78, 5) is 4.69. The minimum absolute atomic E-state index is 0. The molecule has 0 saturated heterocycles. The molecule has 2 bridgehead atoms. The number of aromatic nitrogens is 1. The molecule has 2 aliphatic rings. The predicted octanol–water partition coefficient (Wildman–Crippen LogP) is 6.31. The molecule has 2 aromatic rings. The standard InChI is InChI=1S/C20H25N3S.BrH/c1-13-5-7-14(8-6-13)16-12-24-18(21-16)23-22-17-11-15-9-10-20(17,4)19(15,2)3;/h5-8,12,15H,9-11H2,1-4H3,(H,21,23);1H/b22-17-;. The number of hydrogen-bond acceptors (Lipinski definition) is 4. The van der Waals surface area contributed by atoms with Gasteiger partial charge in [0.05, 0.1) is 5.69 Å². The van der Waals surface area contributed by atoms with E-state index in [4.69, 9.17) is 10.1 Å². The molecule has 25 heavy (non-hydrogen) atoms. The van der Waals surface area contributed by atoms with Gasteiger partial charge in [-0.1, -0.05) is 50.6 Å². The third-order valence-electron chi connectivity index (χ3n) is 6.65. The van der Waals surface area contributed by atoms with Crippen LogP contribution in [-0.2, 0) is 0 Å². The summed E-state index contributed by atoms with van der Waals surface area (Å²) in [5.41, 5.74) is 8.61. The number of nitrogens with one attached hydrogen (secondary N) is 1. The van der Waals surface area contributed by atoms with Crippen molar-refractivity contribution in [1.82, 2.24) is 4.98 Å². The van der Waals surface area contributed by atoms with E-state index >= 15 is 0 Å². The number of fused-ring (bicyclic) bond motifs is 2. The van der Waals surface area contributed by atoms with Gasteiger partial charge < -0.3 is 0 Å². The summed E-state index contributed by atoms with van der Waals surface area (Å²) in [6, 6.07) is 8.50. The lowest BCUT2D eigenvalue weighted by Gasteiger charge is -2.34. The Kier molecular flexibility index (Phi) is 4.84. The summed E-state index contributed by atoms with van der Waals surface area (Å²) in [7, 11) is 0. The molecule has 0 spiro atoms. The third kappa shape index (κ3) is 2.95. The van der Waals surface area contributed by atoms with E-state index in [2.05, 4.69) is 62.8 Å². The molecule has 0 amide bonds.